The molecular weight excluding hydrogens is 262 g/mol. The van der Waals surface area contributed by atoms with Crippen molar-refractivity contribution in [3.05, 3.63) is 46.6 Å². The van der Waals surface area contributed by atoms with Crippen LogP contribution in [0.25, 0.3) is 0 Å². The summed E-state index contributed by atoms with van der Waals surface area (Å²) in [6.45, 7) is 3.67. The molecule has 0 saturated carbocycles. The Bertz CT molecular complexity index is 617. The number of aromatic nitrogens is 1. The zero-order valence-electron chi connectivity index (χ0n) is 10.5. The topological polar surface area (TPSA) is 74.6 Å². The maximum absolute atomic E-state index is 11.0. The number of rotatable bonds is 4. The molecule has 0 aliphatic rings. The van der Waals surface area contributed by atoms with Gasteiger partial charge in [-0.2, -0.15) is 9.47 Å². The summed E-state index contributed by atoms with van der Waals surface area (Å²) in [4.78, 5) is 11.0. The quantitative estimate of drug-likeness (QED) is 0.664. The second-order valence-corrected chi connectivity index (χ2v) is 4.83. The van der Waals surface area contributed by atoms with Crippen LogP contribution >= 0.6 is 11.5 Å². The summed E-state index contributed by atoms with van der Waals surface area (Å²) < 4.78 is 4.00. The molecule has 0 atom stereocenters. The molecule has 0 aliphatic heterocycles. The highest BCUT2D eigenvalue weighted by Crippen LogP contribution is 2.24. The highest BCUT2D eigenvalue weighted by atomic mass is 32.1. The molecular formula is C13H13N3O2S. The van der Waals surface area contributed by atoms with E-state index >= 15 is 0 Å². The number of carboxylic acid groups (broad SMARTS) is 1. The third kappa shape index (κ3) is 3.17. The second kappa shape index (κ2) is 5.62. The van der Waals surface area contributed by atoms with Crippen LogP contribution in [0.3, 0.4) is 0 Å². The minimum atomic E-state index is -1.00. The number of benzene rings is 1. The third-order valence-corrected chi connectivity index (χ3v) is 3.38. The molecule has 0 radical (unpaired) electrons. The lowest BCUT2D eigenvalue weighted by Gasteiger charge is -1.98. The van der Waals surface area contributed by atoms with E-state index in [9.17, 15) is 4.79 Å². The molecule has 19 heavy (non-hydrogen) atoms. The fourth-order valence-electron chi connectivity index (χ4n) is 1.52. The van der Waals surface area contributed by atoms with Gasteiger partial charge >= 0.3 is 5.97 Å². The van der Waals surface area contributed by atoms with Crippen molar-refractivity contribution in [2.75, 3.05) is 5.43 Å². The Hall–Kier alpha value is -2.21. The summed E-state index contributed by atoms with van der Waals surface area (Å²) in [6, 6.07) is 7.86. The van der Waals surface area contributed by atoms with E-state index in [0.717, 1.165) is 17.1 Å². The van der Waals surface area contributed by atoms with Crippen molar-refractivity contribution in [2.45, 2.75) is 13.8 Å². The van der Waals surface area contributed by atoms with Crippen molar-refractivity contribution in [1.82, 2.24) is 4.37 Å². The van der Waals surface area contributed by atoms with Crippen LogP contribution in [0.5, 0.6) is 0 Å². The van der Waals surface area contributed by atoms with Gasteiger partial charge in [0, 0.05) is 0 Å². The molecule has 6 heteroatoms. The Kier molecular flexibility index (Phi) is 3.91. The van der Waals surface area contributed by atoms with E-state index in [1.807, 2.05) is 31.2 Å². The Morgan fingerprint density at radius 2 is 2.05 bits per heavy atom. The van der Waals surface area contributed by atoms with Crippen LogP contribution < -0.4 is 5.43 Å². The maximum atomic E-state index is 11.0. The summed E-state index contributed by atoms with van der Waals surface area (Å²) in [5.41, 5.74) is 5.50. The lowest BCUT2D eigenvalue weighted by Crippen LogP contribution is -2.01. The third-order valence-electron chi connectivity index (χ3n) is 2.53. The average Bonchev–Trinajstić information content (AvgIpc) is 2.73. The standard InChI is InChI=1S/C13H13N3O2S/c1-8-3-5-10(6-4-8)7-14-15-12-11(13(17)18)9(2)16-19-12/h3-7,15H,1-2H3,(H,17,18). The van der Waals surface area contributed by atoms with E-state index in [4.69, 9.17) is 5.11 Å². The zero-order valence-corrected chi connectivity index (χ0v) is 11.4. The van der Waals surface area contributed by atoms with Crippen LogP contribution in [-0.4, -0.2) is 21.7 Å². The zero-order chi connectivity index (χ0) is 13.8. The average molecular weight is 275 g/mol. The van der Waals surface area contributed by atoms with E-state index in [1.54, 1.807) is 13.1 Å². The van der Waals surface area contributed by atoms with Gasteiger partial charge in [-0.1, -0.05) is 29.8 Å². The first-order valence-corrected chi connectivity index (χ1v) is 6.40. The van der Waals surface area contributed by atoms with Crippen molar-refractivity contribution < 1.29 is 9.90 Å². The van der Waals surface area contributed by atoms with Gasteiger partial charge in [0.25, 0.3) is 0 Å². The minimum Gasteiger partial charge on any atom is -0.478 e. The van der Waals surface area contributed by atoms with Crippen LogP contribution in [0, 0.1) is 13.8 Å². The van der Waals surface area contributed by atoms with Gasteiger partial charge in [0.15, 0.2) is 0 Å². The number of carboxylic acids is 1. The van der Waals surface area contributed by atoms with E-state index in [0.29, 0.717) is 10.7 Å². The van der Waals surface area contributed by atoms with Crippen molar-refractivity contribution in [1.29, 1.82) is 0 Å². The van der Waals surface area contributed by atoms with E-state index in [1.165, 1.54) is 5.56 Å². The summed E-state index contributed by atoms with van der Waals surface area (Å²) in [5, 5.41) is 13.5. The van der Waals surface area contributed by atoms with Gasteiger partial charge in [-0.25, -0.2) is 4.79 Å². The lowest BCUT2D eigenvalue weighted by atomic mass is 10.2. The molecule has 0 spiro atoms. The molecule has 0 saturated heterocycles. The van der Waals surface area contributed by atoms with Crippen molar-refractivity contribution in [3.63, 3.8) is 0 Å². The molecule has 0 bridgehead atoms. The van der Waals surface area contributed by atoms with Crippen LogP contribution in [0.15, 0.2) is 29.4 Å². The number of nitrogens with zero attached hydrogens (tertiary/aromatic N) is 2. The maximum Gasteiger partial charge on any atom is 0.340 e. The number of anilines is 1. The molecule has 2 aromatic rings. The molecule has 0 unspecified atom stereocenters. The SMILES string of the molecule is Cc1ccc(C=NNc2snc(C)c2C(=O)O)cc1. The molecule has 0 fully saturated rings. The number of hydrogen-bond acceptors (Lipinski definition) is 5. The van der Waals surface area contributed by atoms with E-state index < -0.39 is 5.97 Å². The molecule has 1 aromatic carbocycles. The first kappa shape index (κ1) is 13.2. The van der Waals surface area contributed by atoms with Crippen molar-refractivity contribution in [3.8, 4) is 0 Å². The van der Waals surface area contributed by atoms with Gasteiger partial charge in [-0.05, 0) is 30.9 Å². The normalized spacial score (nSPS) is 10.8. The fraction of sp³-hybridized carbons (Fsp3) is 0.154. The van der Waals surface area contributed by atoms with Crippen LogP contribution in [0.1, 0.15) is 27.2 Å². The summed E-state index contributed by atoms with van der Waals surface area (Å²) >= 11 is 1.09. The predicted molar refractivity (Wildman–Crippen MR) is 76.2 cm³/mol. The highest BCUT2D eigenvalue weighted by molar-refractivity contribution is 7.10. The number of carbonyl (C=O) groups is 1. The number of hydrazone groups is 1. The Labute approximate surface area is 114 Å². The summed E-state index contributed by atoms with van der Waals surface area (Å²) in [6.07, 6.45) is 1.64. The summed E-state index contributed by atoms with van der Waals surface area (Å²) in [5.74, 6) is -1.00. The second-order valence-electron chi connectivity index (χ2n) is 4.06. The van der Waals surface area contributed by atoms with E-state index in [-0.39, 0.29) is 5.56 Å². The van der Waals surface area contributed by atoms with Crippen molar-refractivity contribution >= 4 is 28.7 Å². The minimum absolute atomic E-state index is 0.172. The highest BCUT2D eigenvalue weighted by Gasteiger charge is 2.16. The number of aromatic carboxylic acids is 1. The Balaban J connectivity index is 2.10. The van der Waals surface area contributed by atoms with Crippen LogP contribution in [0.2, 0.25) is 0 Å². The molecule has 1 heterocycles. The van der Waals surface area contributed by atoms with Gasteiger partial charge < -0.3 is 5.11 Å². The van der Waals surface area contributed by atoms with Gasteiger partial charge in [0.1, 0.15) is 10.6 Å². The first-order chi connectivity index (χ1) is 9.08. The van der Waals surface area contributed by atoms with Gasteiger partial charge in [0.05, 0.1) is 11.9 Å². The van der Waals surface area contributed by atoms with Crippen LogP contribution in [-0.2, 0) is 0 Å². The van der Waals surface area contributed by atoms with Gasteiger partial charge in [-0.3, -0.25) is 5.43 Å². The lowest BCUT2D eigenvalue weighted by molar-refractivity contribution is 0.0697. The molecule has 5 nitrogen and oxygen atoms in total. The van der Waals surface area contributed by atoms with Crippen molar-refractivity contribution in [2.24, 2.45) is 5.10 Å². The fourth-order valence-corrected chi connectivity index (χ4v) is 2.26. The smallest absolute Gasteiger partial charge is 0.340 e. The molecule has 0 aliphatic carbocycles. The molecule has 2 rings (SSSR count). The Morgan fingerprint density at radius 1 is 1.37 bits per heavy atom. The first-order valence-electron chi connectivity index (χ1n) is 5.63. The number of aryl methyl sites for hydroxylation is 2. The summed E-state index contributed by atoms with van der Waals surface area (Å²) in [7, 11) is 0. The molecule has 1 aromatic heterocycles. The number of hydrogen-bond donors (Lipinski definition) is 2. The largest absolute Gasteiger partial charge is 0.478 e. The predicted octanol–water partition coefficient (Wildman–Crippen LogP) is 2.90. The Morgan fingerprint density at radius 3 is 2.68 bits per heavy atom. The van der Waals surface area contributed by atoms with Gasteiger partial charge in [-0.15, -0.1) is 0 Å². The van der Waals surface area contributed by atoms with Gasteiger partial charge in [0.2, 0.25) is 0 Å². The monoisotopic (exact) mass is 275 g/mol. The molecule has 0 amide bonds. The van der Waals surface area contributed by atoms with Crippen LogP contribution in [0.4, 0.5) is 5.00 Å². The molecule has 2 N–H and O–H groups in total. The van der Waals surface area contributed by atoms with E-state index in [2.05, 4.69) is 14.9 Å². The number of nitrogens with one attached hydrogen (secondary N) is 1. The molecule has 98 valence electrons.